The van der Waals surface area contributed by atoms with Crippen molar-refractivity contribution in [2.24, 2.45) is 0 Å². The van der Waals surface area contributed by atoms with E-state index in [4.69, 9.17) is 5.11 Å². The molecule has 0 aliphatic rings. The lowest BCUT2D eigenvalue weighted by atomic mass is 10.0. The van der Waals surface area contributed by atoms with Crippen LogP contribution in [0.25, 0.3) is 0 Å². The molecule has 1 rings (SSSR count). The molecule has 16 heavy (non-hydrogen) atoms. The largest absolute Gasteiger partial charge is 0.481 e. The van der Waals surface area contributed by atoms with Crippen LogP contribution in [0.3, 0.4) is 0 Å². The lowest BCUT2D eigenvalue weighted by Crippen LogP contribution is -1.91. The third kappa shape index (κ3) is 4.18. The molecule has 0 aromatic heterocycles. The van der Waals surface area contributed by atoms with Gasteiger partial charge in [-0.15, -0.1) is 0 Å². The first-order valence-corrected chi connectivity index (χ1v) is 5.36. The number of carboxylic acids is 1. The minimum absolute atomic E-state index is 0.0793. The van der Waals surface area contributed by atoms with Crippen molar-refractivity contribution in [1.82, 2.24) is 0 Å². The van der Waals surface area contributed by atoms with Crippen molar-refractivity contribution in [3.8, 4) is 11.8 Å². The summed E-state index contributed by atoms with van der Waals surface area (Å²) in [6.45, 7) is 4.31. The molecule has 0 saturated heterocycles. The predicted molar refractivity (Wildman–Crippen MR) is 64.3 cm³/mol. The molecule has 0 bridgehead atoms. The molecule has 0 spiro atoms. The molecule has 0 saturated carbocycles. The summed E-state index contributed by atoms with van der Waals surface area (Å²) in [5.74, 6) is 5.13. The van der Waals surface area contributed by atoms with Gasteiger partial charge < -0.3 is 5.11 Å². The fourth-order valence-electron chi connectivity index (χ4n) is 1.32. The number of benzene rings is 1. The van der Waals surface area contributed by atoms with E-state index in [0.29, 0.717) is 12.3 Å². The van der Waals surface area contributed by atoms with Crippen LogP contribution in [0.2, 0.25) is 0 Å². The fourth-order valence-corrected chi connectivity index (χ4v) is 1.32. The standard InChI is InChI=1S/C14H16O2/c1-11(2)13-9-7-12(8-10-13)5-3-4-6-14(15)16/h7-11H,5-6H2,1-2H3,(H,15,16). The van der Waals surface area contributed by atoms with E-state index in [9.17, 15) is 4.79 Å². The number of aliphatic carboxylic acids is 1. The summed E-state index contributed by atoms with van der Waals surface area (Å²) in [7, 11) is 0. The van der Waals surface area contributed by atoms with Gasteiger partial charge in [-0.3, -0.25) is 4.79 Å². The van der Waals surface area contributed by atoms with E-state index >= 15 is 0 Å². The fraction of sp³-hybridized carbons (Fsp3) is 0.357. The number of hydrogen-bond acceptors (Lipinski definition) is 1. The van der Waals surface area contributed by atoms with Crippen molar-refractivity contribution in [3.05, 3.63) is 35.4 Å². The maximum atomic E-state index is 10.2. The van der Waals surface area contributed by atoms with E-state index in [-0.39, 0.29) is 6.42 Å². The van der Waals surface area contributed by atoms with Gasteiger partial charge in [0.15, 0.2) is 0 Å². The average Bonchev–Trinajstić information content (AvgIpc) is 2.25. The zero-order valence-corrected chi connectivity index (χ0v) is 9.66. The van der Waals surface area contributed by atoms with E-state index in [1.165, 1.54) is 5.56 Å². The van der Waals surface area contributed by atoms with Gasteiger partial charge in [-0.05, 0) is 17.0 Å². The maximum Gasteiger partial charge on any atom is 0.315 e. The molecular weight excluding hydrogens is 200 g/mol. The Morgan fingerprint density at radius 2 is 1.88 bits per heavy atom. The van der Waals surface area contributed by atoms with Crippen LogP contribution in [0.4, 0.5) is 0 Å². The van der Waals surface area contributed by atoms with Crippen LogP contribution in [0.1, 0.15) is 37.3 Å². The first kappa shape index (κ1) is 12.3. The topological polar surface area (TPSA) is 37.3 Å². The Morgan fingerprint density at radius 1 is 1.25 bits per heavy atom. The Hall–Kier alpha value is -1.75. The van der Waals surface area contributed by atoms with Crippen LogP contribution in [-0.4, -0.2) is 11.1 Å². The molecule has 0 heterocycles. The molecule has 0 amide bonds. The van der Waals surface area contributed by atoms with Crippen LogP contribution in [0, 0.1) is 11.8 Å². The normalized spacial score (nSPS) is 9.69. The monoisotopic (exact) mass is 216 g/mol. The number of hydrogen-bond donors (Lipinski definition) is 1. The molecule has 1 N–H and O–H groups in total. The second-order valence-corrected chi connectivity index (χ2v) is 4.00. The van der Waals surface area contributed by atoms with Crippen molar-refractivity contribution < 1.29 is 9.90 Å². The number of rotatable bonds is 3. The molecule has 2 heteroatoms. The van der Waals surface area contributed by atoms with Gasteiger partial charge in [0.2, 0.25) is 0 Å². The molecule has 1 aromatic carbocycles. The third-order valence-corrected chi connectivity index (χ3v) is 2.30. The highest BCUT2D eigenvalue weighted by atomic mass is 16.4. The second kappa shape index (κ2) is 5.97. The van der Waals surface area contributed by atoms with Gasteiger partial charge in [0.05, 0.1) is 0 Å². The summed E-state index contributed by atoms with van der Waals surface area (Å²) in [6, 6.07) is 8.29. The van der Waals surface area contributed by atoms with Crippen molar-refractivity contribution in [2.45, 2.75) is 32.6 Å². The first-order valence-electron chi connectivity index (χ1n) is 5.36. The van der Waals surface area contributed by atoms with E-state index in [1.54, 1.807) is 0 Å². The minimum Gasteiger partial charge on any atom is -0.481 e. The Labute approximate surface area is 96.3 Å². The minimum atomic E-state index is -0.873. The van der Waals surface area contributed by atoms with Crippen LogP contribution in [-0.2, 0) is 11.2 Å². The zero-order valence-electron chi connectivity index (χ0n) is 9.66. The lowest BCUT2D eigenvalue weighted by molar-refractivity contribution is -0.135. The van der Waals surface area contributed by atoms with Crippen molar-refractivity contribution >= 4 is 5.97 Å². The van der Waals surface area contributed by atoms with Crippen LogP contribution in [0.15, 0.2) is 24.3 Å². The quantitative estimate of drug-likeness (QED) is 0.789. The van der Waals surface area contributed by atoms with Gasteiger partial charge in [0.1, 0.15) is 6.42 Å². The van der Waals surface area contributed by atoms with E-state index in [2.05, 4.69) is 37.8 Å². The summed E-state index contributed by atoms with van der Waals surface area (Å²) in [5.41, 5.74) is 2.43. The molecule has 0 aliphatic carbocycles. The van der Waals surface area contributed by atoms with Crippen LogP contribution < -0.4 is 0 Å². The van der Waals surface area contributed by atoms with Gasteiger partial charge >= 0.3 is 5.97 Å². The SMILES string of the molecule is CC(C)c1ccc(CC#CCC(=O)O)cc1. The lowest BCUT2D eigenvalue weighted by Gasteiger charge is -2.04. The van der Waals surface area contributed by atoms with Crippen LogP contribution >= 0.6 is 0 Å². The van der Waals surface area contributed by atoms with E-state index in [0.717, 1.165) is 5.56 Å². The highest BCUT2D eigenvalue weighted by Gasteiger charge is 1.97. The predicted octanol–water partition coefficient (Wildman–Crippen LogP) is 2.83. The summed E-state index contributed by atoms with van der Waals surface area (Å²) >= 11 is 0. The van der Waals surface area contributed by atoms with Gasteiger partial charge in [0.25, 0.3) is 0 Å². The summed E-state index contributed by atoms with van der Waals surface area (Å²) < 4.78 is 0. The smallest absolute Gasteiger partial charge is 0.315 e. The Bertz CT molecular complexity index is 405. The van der Waals surface area contributed by atoms with E-state index in [1.807, 2.05) is 12.1 Å². The summed E-state index contributed by atoms with van der Waals surface area (Å²) in [5, 5.41) is 8.41. The van der Waals surface area contributed by atoms with Crippen molar-refractivity contribution in [3.63, 3.8) is 0 Å². The molecule has 0 aliphatic heterocycles. The molecule has 2 nitrogen and oxygen atoms in total. The molecule has 0 atom stereocenters. The highest BCUT2D eigenvalue weighted by molar-refractivity contribution is 5.69. The Balaban J connectivity index is 2.54. The van der Waals surface area contributed by atoms with Crippen molar-refractivity contribution in [2.75, 3.05) is 0 Å². The van der Waals surface area contributed by atoms with Crippen LogP contribution in [0.5, 0.6) is 0 Å². The van der Waals surface area contributed by atoms with Crippen molar-refractivity contribution in [1.29, 1.82) is 0 Å². The Kier molecular flexibility index (Phi) is 4.60. The van der Waals surface area contributed by atoms with Gasteiger partial charge in [-0.1, -0.05) is 50.0 Å². The molecule has 84 valence electrons. The molecule has 0 fully saturated rings. The van der Waals surface area contributed by atoms with Gasteiger partial charge in [-0.25, -0.2) is 0 Å². The zero-order chi connectivity index (χ0) is 12.0. The van der Waals surface area contributed by atoms with Gasteiger partial charge in [-0.2, -0.15) is 0 Å². The molecule has 0 radical (unpaired) electrons. The summed E-state index contributed by atoms with van der Waals surface area (Å²) in [4.78, 5) is 10.2. The number of carboxylic acid groups (broad SMARTS) is 1. The molecule has 1 aromatic rings. The average molecular weight is 216 g/mol. The summed E-state index contributed by atoms with van der Waals surface area (Å²) in [6.07, 6.45) is 0.537. The van der Waals surface area contributed by atoms with Gasteiger partial charge in [0, 0.05) is 6.42 Å². The second-order valence-electron chi connectivity index (χ2n) is 4.00. The third-order valence-electron chi connectivity index (χ3n) is 2.30. The van der Waals surface area contributed by atoms with E-state index < -0.39 is 5.97 Å². The number of carbonyl (C=O) groups is 1. The highest BCUT2D eigenvalue weighted by Crippen LogP contribution is 2.14. The first-order chi connectivity index (χ1) is 7.59. The maximum absolute atomic E-state index is 10.2. The molecular formula is C14H16O2. The molecule has 0 unspecified atom stereocenters. The Morgan fingerprint density at radius 3 is 2.38 bits per heavy atom.